The van der Waals surface area contributed by atoms with E-state index in [1.165, 1.54) is 34.9 Å². The van der Waals surface area contributed by atoms with Gasteiger partial charge in [-0.1, -0.05) is 29.5 Å². The number of para-hydroxylation sites is 1. The first-order valence-electron chi connectivity index (χ1n) is 9.89. The number of hydrogen-bond acceptors (Lipinski definition) is 5. The van der Waals surface area contributed by atoms with Gasteiger partial charge < -0.3 is 9.30 Å². The van der Waals surface area contributed by atoms with Crippen LogP contribution in [0.2, 0.25) is 0 Å². The molecular weight excluding hydrogens is 434 g/mol. The molecule has 0 spiro atoms. The highest BCUT2D eigenvalue weighted by Crippen LogP contribution is 2.28. The van der Waals surface area contributed by atoms with E-state index in [1.807, 2.05) is 28.8 Å². The van der Waals surface area contributed by atoms with E-state index >= 15 is 0 Å². The fourth-order valence-corrected chi connectivity index (χ4v) is 6.43. The average molecular weight is 458 g/mol. The number of methoxy groups -OCH3 is 1. The molecule has 1 atom stereocenters. The van der Waals surface area contributed by atoms with E-state index in [2.05, 4.69) is 11.6 Å². The Balaban J connectivity index is 1.69. The molecule has 162 valence electrons. The maximum atomic E-state index is 13.2. The van der Waals surface area contributed by atoms with Crippen LogP contribution >= 0.6 is 11.3 Å². The molecule has 9 heteroatoms. The topological polar surface area (TPSA) is 81.0 Å². The third kappa shape index (κ3) is 4.08. The lowest BCUT2D eigenvalue weighted by Gasteiger charge is -2.21. The second-order valence-corrected chi connectivity index (χ2v) is 10.1. The summed E-state index contributed by atoms with van der Waals surface area (Å²) in [7, 11) is -2.30. The smallest absolute Gasteiger partial charge is 0.266 e. The Kier molecular flexibility index (Phi) is 6.08. The second kappa shape index (κ2) is 8.78. The van der Waals surface area contributed by atoms with Gasteiger partial charge in [0.25, 0.3) is 5.91 Å². The van der Waals surface area contributed by atoms with Gasteiger partial charge in [-0.25, -0.2) is 8.42 Å². The third-order valence-corrected chi connectivity index (χ3v) is 8.24. The quantitative estimate of drug-likeness (QED) is 0.533. The van der Waals surface area contributed by atoms with Crippen LogP contribution in [0.5, 0.6) is 5.75 Å². The van der Waals surface area contributed by atoms with Crippen LogP contribution in [0.25, 0.3) is 10.2 Å². The highest BCUT2D eigenvalue weighted by Gasteiger charge is 2.39. The lowest BCUT2D eigenvalue weighted by Crippen LogP contribution is -2.40. The number of nitrogens with zero attached hydrogens (tertiary/aromatic N) is 3. The fraction of sp³-hybridized carbons (Fsp3) is 0.273. The number of benzene rings is 2. The van der Waals surface area contributed by atoms with Crippen LogP contribution < -0.4 is 9.54 Å². The van der Waals surface area contributed by atoms with Crippen LogP contribution in [0.3, 0.4) is 0 Å². The molecule has 4 rings (SSSR count). The Labute approximate surface area is 185 Å². The minimum Gasteiger partial charge on any atom is -0.497 e. The van der Waals surface area contributed by atoms with Gasteiger partial charge in [-0.15, -0.1) is 6.58 Å². The molecule has 1 fully saturated rings. The van der Waals surface area contributed by atoms with E-state index in [9.17, 15) is 13.2 Å². The molecule has 1 aliphatic rings. The van der Waals surface area contributed by atoms with Crippen molar-refractivity contribution in [2.24, 2.45) is 4.99 Å². The summed E-state index contributed by atoms with van der Waals surface area (Å²) in [6, 6.07) is 13.2. The fourth-order valence-electron chi connectivity index (χ4n) is 3.74. The van der Waals surface area contributed by atoms with Crippen LogP contribution in [-0.4, -0.2) is 42.9 Å². The molecule has 0 bridgehead atoms. The van der Waals surface area contributed by atoms with Crippen molar-refractivity contribution in [2.75, 3.05) is 13.7 Å². The molecule has 31 heavy (non-hydrogen) atoms. The molecule has 1 unspecified atom stereocenters. The monoisotopic (exact) mass is 457 g/mol. The van der Waals surface area contributed by atoms with E-state index in [0.29, 0.717) is 36.5 Å². The summed E-state index contributed by atoms with van der Waals surface area (Å²) in [6.07, 6.45) is 2.81. The number of hydrogen-bond donors (Lipinski definition) is 0. The molecular formula is C22H23N3O4S2. The lowest BCUT2D eigenvalue weighted by atomic mass is 10.2. The number of amides is 1. The summed E-state index contributed by atoms with van der Waals surface area (Å²) in [5, 5.41) is 0. The van der Waals surface area contributed by atoms with Gasteiger partial charge in [-0.05, 0) is 49.2 Å². The minimum atomic E-state index is -3.82. The molecule has 0 radical (unpaired) electrons. The number of carbonyl (C=O) groups excluding carboxylic acids is 1. The second-order valence-electron chi connectivity index (χ2n) is 7.15. The summed E-state index contributed by atoms with van der Waals surface area (Å²) in [5.41, 5.74) is 0.966. The van der Waals surface area contributed by atoms with Crippen molar-refractivity contribution in [2.45, 2.75) is 30.3 Å². The number of sulfonamides is 1. The van der Waals surface area contributed by atoms with Crippen molar-refractivity contribution in [3.05, 3.63) is 66.0 Å². The van der Waals surface area contributed by atoms with E-state index in [-0.39, 0.29) is 4.90 Å². The van der Waals surface area contributed by atoms with Crippen molar-refractivity contribution < 1.29 is 17.9 Å². The molecule has 0 aliphatic carbocycles. The molecule has 3 aromatic rings. The normalized spacial score (nSPS) is 17.8. The van der Waals surface area contributed by atoms with Crippen molar-refractivity contribution in [3.63, 3.8) is 0 Å². The summed E-state index contributed by atoms with van der Waals surface area (Å²) in [6.45, 7) is 4.59. The first kappa shape index (κ1) is 21.5. The minimum absolute atomic E-state index is 0.136. The predicted molar refractivity (Wildman–Crippen MR) is 120 cm³/mol. The highest BCUT2D eigenvalue weighted by molar-refractivity contribution is 7.89. The largest absolute Gasteiger partial charge is 0.497 e. The molecule has 1 aliphatic heterocycles. The Bertz CT molecular complexity index is 1290. The van der Waals surface area contributed by atoms with Gasteiger partial charge in [0.15, 0.2) is 4.80 Å². The van der Waals surface area contributed by atoms with Crippen molar-refractivity contribution in [3.8, 4) is 5.75 Å². The summed E-state index contributed by atoms with van der Waals surface area (Å²) >= 11 is 1.41. The summed E-state index contributed by atoms with van der Waals surface area (Å²) in [4.78, 5) is 18.1. The third-order valence-electron chi connectivity index (χ3n) is 5.26. The molecule has 0 saturated carbocycles. The number of fused-ring (bicyclic) bond motifs is 1. The van der Waals surface area contributed by atoms with Gasteiger partial charge in [0.1, 0.15) is 11.8 Å². The van der Waals surface area contributed by atoms with Gasteiger partial charge in [-0.3, -0.25) is 4.79 Å². The first-order chi connectivity index (χ1) is 15.0. The zero-order valence-electron chi connectivity index (χ0n) is 17.1. The number of rotatable bonds is 6. The molecule has 1 saturated heterocycles. The Hall–Kier alpha value is -2.75. The molecule has 1 aromatic heterocycles. The highest BCUT2D eigenvalue weighted by atomic mass is 32.2. The number of carbonyl (C=O) groups is 1. The van der Waals surface area contributed by atoms with E-state index in [4.69, 9.17) is 4.74 Å². The van der Waals surface area contributed by atoms with Crippen molar-refractivity contribution in [1.82, 2.24) is 8.87 Å². The lowest BCUT2D eigenvalue weighted by molar-refractivity contribution is -0.121. The van der Waals surface area contributed by atoms with Gasteiger partial charge >= 0.3 is 0 Å². The Morgan fingerprint density at radius 1 is 1.26 bits per heavy atom. The van der Waals surface area contributed by atoms with Crippen LogP contribution in [-0.2, 0) is 21.4 Å². The van der Waals surface area contributed by atoms with Gasteiger partial charge in [0.2, 0.25) is 10.0 Å². The van der Waals surface area contributed by atoms with Gasteiger partial charge in [0.05, 0.1) is 22.2 Å². The average Bonchev–Trinajstić information content (AvgIpc) is 3.40. The number of allylic oxidation sites excluding steroid dienone is 1. The van der Waals surface area contributed by atoms with Crippen LogP contribution in [0.1, 0.15) is 12.8 Å². The van der Waals surface area contributed by atoms with Crippen LogP contribution in [0, 0.1) is 0 Å². The molecule has 7 nitrogen and oxygen atoms in total. The number of aromatic nitrogens is 1. The Morgan fingerprint density at radius 3 is 2.71 bits per heavy atom. The van der Waals surface area contributed by atoms with Crippen molar-refractivity contribution >= 4 is 37.5 Å². The number of thiazole rings is 1. The first-order valence-corrected chi connectivity index (χ1v) is 12.1. The predicted octanol–water partition coefficient (Wildman–Crippen LogP) is 3.18. The van der Waals surface area contributed by atoms with Crippen LogP contribution in [0.15, 0.2) is 71.1 Å². The van der Waals surface area contributed by atoms with Gasteiger partial charge in [0, 0.05) is 13.1 Å². The van der Waals surface area contributed by atoms with E-state index < -0.39 is 22.0 Å². The summed E-state index contributed by atoms with van der Waals surface area (Å²) in [5.74, 6) is 0.124. The maximum Gasteiger partial charge on any atom is 0.266 e. The molecule has 2 aromatic carbocycles. The molecule has 0 N–H and O–H groups in total. The van der Waals surface area contributed by atoms with Crippen LogP contribution in [0.4, 0.5) is 0 Å². The molecule has 2 heterocycles. The van der Waals surface area contributed by atoms with Crippen molar-refractivity contribution in [1.29, 1.82) is 0 Å². The standard InChI is InChI=1S/C22H23N3O4S2/c1-3-14-24-18-7-4-5-9-20(18)30-22(24)23-21(26)19-8-6-15-25(19)31(27,28)17-12-10-16(29-2)11-13-17/h3-5,7,9-13,19H,1,6,8,14-15H2,2H3. The Morgan fingerprint density at radius 2 is 2.00 bits per heavy atom. The maximum absolute atomic E-state index is 13.2. The zero-order chi connectivity index (χ0) is 22.0. The van der Waals surface area contributed by atoms with Gasteiger partial charge in [-0.2, -0.15) is 9.30 Å². The zero-order valence-corrected chi connectivity index (χ0v) is 18.7. The molecule has 1 amide bonds. The SMILES string of the molecule is C=CCn1c(=NC(=O)C2CCCN2S(=O)(=O)c2ccc(OC)cc2)sc2ccccc21. The van der Waals surface area contributed by atoms with E-state index in [1.54, 1.807) is 18.2 Å². The summed E-state index contributed by atoms with van der Waals surface area (Å²) < 4.78 is 35.7. The van der Waals surface area contributed by atoms with E-state index in [0.717, 1.165) is 10.2 Å². The number of ether oxygens (including phenoxy) is 1.